The van der Waals surface area contributed by atoms with Gasteiger partial charge in [0, 0.05) is 0 Å². The smallest absolute Gasteiger partial charge is 0.0579 e. The average Bonchev–Trinajstić information content (AvgIpc) is 2.61. The van der Waals surface area contributed by atoms with Crippen molar-refractivity contribution < 1.29 is 0 Å². The van der Waals surface area contributed by atoms with Crippen LogP contribution in [0.1, 0.15) is 80.1 Å². The molecule has 0 saturated heterocycles. The van der Waals surface area contributed by atoms with Gasteiger partial charge in [0.1, 0.15) is 0 Å². The Balaban J connectivity index is 2.69. The summed E-state index contributed by atoms with van der Waals surface area (Å²) in [7, 11) is 0. The number of hydrogen-bond donors (Lipinski definition) is 0. The number of rotatable bonds is 10. The fourth-order valence-corrected chi connectivity index (χ4v) is 2.93. The van der Waals surface area contributed by atoms with E-state index in [4.69, 9.17) is 9.98 Å². The summed E-state index contributed by atoms with van der Waals surface area (Å²) < 4.78 is 0. The van der Waals surface area contributed by atoms with Crippen molar-refractivity contribution >= 4 is 11.4 Å². The minimum Gasteiger partial charge on any atom is -0.282 e. The molecule has 0 spiro atoms. The lowest BCUT2D eigenvalue weighted by molar-refractivity contribution is 0.446. The van der Waals surface area contributed by atoms with Crippen LogP contribution >= 0.6 is 0 Å². The van der Waals surface area contributed by atoms with Crippen LogP contribution < -0.4 is 0 Å². The van der Waals surface area contributed by atoms with Gasteiger partial charge in [-0.3, -0.25) is 9.98 Å². The summed E-state index contributed by atoms with van der Waals surface area (Å²) in [5.74, 6) is 1.50. The van der Waals surface area contributed by atoms with E-state index < -0.39 is 0 Å². The zero-order valence-corrected chi connectivity index (χ0v) is 16.8. The molecule has 0 bridgehead atoms. The van der Waals surface area contributed by atoms with Crippen LogP contribution in [0.5, 0.6) is 0 Å². The largest absolute Gasteiger partial charge is 0.282 e. The van der Waals surface area contributed by atoms with E-state index in [1.54, 1.807) is 0 Å². The highest BCUT2D eigenvalue weighted by atomic mass is 14.8. The average molecular weight is 331 g/mol. The summed E-state index contributed by atoms with van der Waals surface area (Å²) in [6, 6.07) is 0.882. The quantitative estimate of drug-likeness (QED) is 0.413. The Labute approximate surface area is 150 Å². The Morgan fingerprint density at radius 1 is 0.625 bits per heavy atom. The highest BCUT2D eigenvalue weighted by Crippen LogP contribution is 2.17. The van der Waals surface area contributed by atoms with Crippen LogP contribution in [0.15, 0.2) is 34.3 Å². The Kier molecular flexibility index (Phi) is 9.90. The van der Waals surface area contributed by atoms with Crippen LogP contribution in [0.25, 0.3) is 0 Å². The van der Waals surface area contributed by atoms with Gasteiger partial charge in [-0.1, -0.05) is 54.4 Å². The normalized spacial score (nSPS) is 19.1. The molecule has 0 aromatic carbocycles. The molecule has 0 amide bonds. The summed E-state index contributed by atoms with van der Waals surface area (Å²) in [6.07, 6.45) is 15.6. The van der Waals surface area contributed by atoms with Gasteiger partial charge in [-0.2, -0.15) is 0 Å². The van der Waals surface area contributed by atoms with Crippen molar-refractivity contribution in [2.24, 2.45) is 21.8 Å². The second-order valence-corrected chi connectivity index (χ2v) is 7.40. The Morgan fingerprint density at radius 2 is 0.958 bits per heavy atom. The molecule has 4 unspecified atom stereocenters. The zero-order chi connectivity index (χ0) is 17.9. The van der Waals surface area contributed by atoms with Crippen LogP contribution in [0.3, 0.4) is 0 Å². The maximum absolute atomic E-state index is 4.93. The van der Waals surface area contributed by atoms with Crippen LogP contribution in [0, 0.1) is 11.8 Å². The summed E-state index contributed by atoms with van der Waals surface area (Å²) >= 11 is 0. The van der Waals surface area contributed by atoms with E-state index >= 15 is 0 Å². The van der Waals surface area contributed by atoms with Crippen molar-refractivity contribution in [3.05, 3.63) is 24.3 Å². The van der Waals surface area contributed by atoms with E-state index in [1.165, 1.54) is 25.7 Å². The Morgan fingerprint density at radius 3 is 1.21 bits per heavy atom. The van der Waals surface area contributed by atoms with E-state index in [-0.39, 0.29) is 0 Å². The van der Waals surface area contributed by atoms with Gasteiger partial charge in [0.05, 0.1) is 23.5 Å². The van der Waals surface area contributed by atoms with Crippen molar-refractivity contribution in [3.8, 4) is 0 Å². The third kappa shape index (κ3) is 7.59. The van der Waals surface area contributed by atoms with Gasteiger partial charge in [-0.15, -0.1) is 0 Å². The summed E-state index contributed by atoms with van der Waals surface area (Å²) in [5, 5.41) is 0. The van der Waals surface area contributed by atoms with E-state index in [9.17, 15) is 0 Å². The van der Waals surface area contributed by atoms with Crippen molar-refractivity contribution in [3.63, 3.8) is 0 Å². The lowest BCUT2D eigenvalue weighted by atomic mass is 9.97. The van der Waals surface area contributed by atoms with Crippen LogP contribution in [-0.2, 0) is 0 Å². The molecule has 0 aromatic rings. The Bertz CT molecular complexity index is 410. The van der Waals surface area contributed by atoms with E-state index in [2.05, 4.69) is 65.8 Å². The molecule has 2 nitrogen and oxygen atoms in total. The molecule has 2 heteroatoms. The van der Waals surface area contributed by atoms with E-state index in [0.717, 1.165) is 36.1 Å². The third-order valence-electron chi connectivity index (χ3n) is 5.20. The van der Waals surface area contributed by atoms with Gasteiger partial charge in [0.15, 0.2) is 0 Å². The summed E-state index contributed by atoms with van der Waals surface area (Å²) in [5.41, 5.74) is 2.19. The molecule has 0 heterocycles. The predicted molar refractivity (Wildman–Crippen MR) is 109 cm³/mol. The minimum atomic E-state index is 0.441. The molecule has 0 saturated carbocycles. The van der Waals surface area contributed by atoms with Crippen LogP contribution in [0.4, 0.5) is 0 Å². The Hall–Kier alpha value is -1.18. The highest BCUT2D eigenvalue weighted by Gasteiger charge is 2.12. The third-order valence-corrected chi connectivity index (χ3v) is 5.20. The first-order valence-electron chi connectivity index (χ1n) is 10.0. The first-order valence-corrected chi connectivity index (χ1v) is 10.0. The molecule has 0 fully saturated rings. The first kappa shape index (κ1) is 20.9. The fraction of sp³-hybridized carbons (Fsp3) is 0.727. The number of aliphatic imine (C=N–C) groups is 2. The fourth-order valence-electron chi connectivity index (χ4n) is 2.93. The van der Waals surface area contributed by atoms with Crippen molar-refractivity contribution in [2.75, 3.05) is 0 Å². The van der Waals surface area contributed by atoms with E-state index in [1.807, 2.05) is 0 Å². The zero-order valence-electron chi connectivity index (χ0n) is 16.8. The standard InChI is InChI=1S/C22H38N2/c1-7-17(5)15-19(9-3)23-21-11-13-22(14-12-21)24-20(10-4)16-18(6)8-2/h11-14,17-20H,7-10,15-16H2,1-6H3. The van der Waals surface area contributed by atoms with Crippen molar-refractivity contribution in [1.82, 2.24) is 0 Å². The molecule has 136 valence electrons. The van der Waals surface area contributed by atoms with Crippen LogP contribution in [0.2, 0.25) is 0 Å². The van der Waals surface area contributed by atoms with Gasteiger partial charge in [-0.05, 0) is 61.8 Å². The van der Waals surface area contributed by atoms with Gasteiger partial charge in [0.25, 0.3) is 0 Å². The molecular formula is C22H38N2. The monoisotopic (exact) mass is 330 g/mol. The molecule has 0 aliphatic heterocycles. The number of hydrogen-bond acceptors (Lipinski definition) is 2. The molecule has 1 aliphatic carbocycles. The second-order valence-electron chi connectivity index (χ2n) is 7.40. The van der Waals surface area contributed by atoms with E-state index in [0.29, 0.717) is 12.1 Å². The molecule has 0 aromatic heterocycles. The summed E-state index contributed by atoms with van der Waals surface area (Å²) in [6.45, 7) is 13.6. The van der Waals surface area contributed by atoms with Gasteiger partial charge < -0.3 is 0 Å². The maximum atomic E-state index is 4.93. The second kappa shape index (κ2) is 11.4. The van der Waals surface area contributed by atoms with Crippen molar-refractivity contribution in [1.29, 1.82) is 0 Å². The first-order chi connectivity index (χ1) is 11.5. The molecule has 0 N–H and O–H groups in total. The van der Waals surface area contributed by atoms with Gasteiger partial charge in [-0.25, -0.2) is 0 Å². The number of nitrogens with zero attached hydrogens (tertiary/aromatic N) is 2. The predicted octanol–water partition coefficient (Wildman–Crippen LogP) is 6.42. The molecule has 0 radical (unpaired) electrons. The van der Waals surface area contributed by atoms with Gasteiger partial charge >= 0.3 is 0 Å². The molecular weight excluding hydrogens is 292 g/mol. The topological polar surface area (TPSA) is 24.7 Å². The molecule has 1 rings (SSSR count). The minimum absolute atomic E-state index is 0.441. The molecule has 4 atom stereocenters. The van der Waals surface area contributed by atoms with Gasteiger partial charge in [0.2, 0.25) is 0 Å². The SMILES string of the molecule is CCC(C)CC(CC)N=C1C=CC(=NC(CC)CC(C)CC)C=C1. The van der Waals surface area contributed by atoms with Crippen molar-refractivity contribution in [2.45, 2.75) is 92.2 Å². The number of allylic oxidation sites excluding steroid dienone is 4. The molecule has 1 aliphatic rings. The lowest BCUT2D eigenvalue weighted by Crippen LogP contribution is -2.13. The van der Waals surface area contributed by atoms with Crippen LogP contribution in [-0.4, -0.2) is 23.5 Å². The maximum Gasteiger partial charge on any atom is 0.0579 e. The lowest BCUT2D eigenvalue weighted by Gasteiger charge is -2.17. The highest BCUT2D eigenvalue weighted by molar-refractivity contribution is 6.18. The molecule has 24 heavy (non-hydrogen) atoms. The summed E-state index contributed by atoms with van der Waals surface area (Å²) in [4.78, 5) is 9.85.